The second-order valence-corrected chi connectivity index (χ2v) is 6.90. The lowest BCUT2D eigenvalue weighted by molar-refractivity contribution is 0.0257. The highest BCUT2D eigenvalue weighted by molar-refractivity contribution is 5.79. The van der Waals surface area contributed by atoms with Gasteiger partial charge in [0.05, 0.1) is 17.8 Å². The summed E-state index contributed by atoms with van der Waals surface area (Å²) >= 11 is 0. The number of hydrogen-bond donors (Lipinski definition) is 3. The number of aromatic nitrogens is 2. The monoisotopic (exact) mass is 359 g/mol. The number of guanidine groups is 1. The van der Waals surface area contributed by atoms with E-state index in [1.807, 2.05) is 25.3 Å². The van der Waals surface area contributed by atoms with Crippen LogP contribution in [0.25, 0.3) is 5.65 Å². The Bertz CT molecular complexity index is 716. The number of pyridine rings is 1. The third-order valence-corrected chi connectivity index (χ3v) is 4.50. The highest BCUT2D eigenvalue weighted by Crippen LogP contribution is 2.18. The summed E-state index contributed by atoms with van der Waals surface area (Å²) in [6, 6.07) is 6.08. The first kappa shape index (κ1) is 20.2. The number of aliphatic hydroxyl groups is 1. The van der Waals surface area contributed by atoms with Gasteiger partial charge in [0.1, 0.15) is 5.65 Å². The fourth-order valence-electron chi connectivity index (χ4n) is 3.26. The molecule has 0 spiro atoms. The van der Waals surface area contributed by atoms with E-state index in [1.54, 1.807) is 0 Å². The summed E-state index contributed by atoms with van der Waals surface area (Å²) in [4.78, 5) is 9.26. The van der Waals surface area contributed by atoms with Gasteiger partial charge >= 0.3 is 0 Å². The molecule has 3 N–H and O–H groups in total. The summed E-state index contributed by atoms with van der Waals surface area (Å²) in [6.07, 6.45) is 5.54. The summed E-state index contributed by atoms with van der Waals surface area (Å²) in [5.74, 6) is 0.715. The molecule has 0 saturated heterocycles. The molecule has 2 aromatic heterocycles. The van der Waals surface area contributed by atoms with Crippen molar-refractivity contribution < 1.29 is 5.11 Å². The van der Waals surface area contributed by atoms with Crippen LogP contribution in [0.4, 0.5) is 0 Å². The van der Waals surface area contributed by atoms with E-state index in [-0.39, 0.29) is 0 Å². The molecular weight excluding hydrogens is 326 g/mol. The Labute approximate surface area is 156 Å². The molecule has 26 heavy (non-hydrogen) atoms. The van der Waals surface area contributed by atoms with Crippen molar-refractivity contribution in [3.05, 3.63) is 35.8 Å². The third kappa shape index (κ3) is 5.46. The summed E-state index contributed by atoms with van der Waals surface area (Å²) in [5, 5.41) is 17.3. The number of aliphatic imine (C=N–C) groups is 1. The van der Waals surface area contributed by atoms with E-state index < -0.39 is 5.60 Å². The van der Waals surface area contributed by atoms with Gasteiger partial charge < -0.3 is 20.1 Å². The van der Waals surface area contributed by atoms with E-state index >= 15 is 0 Å². The van der Waals surface area contributed by atoms with Crippen molar-refractivity contribution in [1.29, 1.82) is 0 Å². The zero-order valence-electron chi connectivity index (χ0n) is 16.5. The van der Waals surface area contributed by atoms with Gasteiger partial charge in [-0.1, -0.05) is 32.8 Å². The minimum atomic E-state index is -0.681. The van der Waals surface area contributed by atoms with E-state index in [4.69, 9.17) is 0 Å². The van der Waals surface area contributed by atoms with Crippen LogP contribution in [0.15, 0.2) is 29.4 Å². The largest absolute Gasteiger partial charge is 0.388 e. The maximum atomic E-state index is 10.8. The van der Waals surface area contributed by atoms with Crippen LogP contribution >= 0.6 is 0 Å². The van der Waals surface area contributed by atoms with Crippen LogP contribution < -0.4 is 10.6 Å². The lowest BCUT2D eigenvalue weighted by Gasteiger charge is -2.28. The highest BCUT2D eigenvalue weighted by Gasteiger charge is 2.24. The number of nitrogens with zero attached hydrogens (tertiary/aromatic N) is 3. The van der Waals surface area contributed by atoms with Gasteiger partial charge in [-0.25, -0.2) is 9.98 Å². The number of imidazole rings is 1. The van der Waals surface area contributed by atoms with Gasteiger partial charge in [-0.05, 0) is 38.8 Å². The van der Waals surface area contributed by atoms with E-state index in [2.05, 4.69) is 51.8 Å². The Morgan fingerprint density at radius 1 is 1.19 bits per heavy atom. The molecule has 2 rings (SSSR count). The normalized spacial score (nSPS) is 12.6. The first-order chi connectivity index (χ1) is 12.5. The van der Waals surface area contributed by atoms with Crippen molar-refractivity contribution in [2.75, 3.05) is 13.1 Å². The molecule has 0 unspecified atom stereocenters. The zero-order chi connectivity index (χ0) is 19.0. The number of aryl methyl sites for hydroxylation is 1. The molecular formula is C20H33N5O. The minimum Gasteiger partial charge on any atom is -0.388 e. The lowest BCUT2D eigenvalue weighted by atomic mass is 9.93. The standard InChI is InChI=1S/C20H33N5O/c1-5-11-20(26,12-6-2)15-23-19(21-7-3)22-13-17-14-25-16(4)9-8-10-18(25)24-17/h8-10,14,26H,5-7,11-13,15H2,1-4H3,(H2,21,22,23). The molecule has 144 valence electrons. The lowest BCUT2D eigenvalue weighted by Crippen LogP contribution is -2.47. The van der Waals surface area contributed by atoms with Gasteiger partial charge in [-0.2, -0.15) is 0 Å². The number of rotatable bonds is 9. The molecule has 0 fully saturated rings. The summed E-state index contributed by atoms with van der Waals surface area (Å²) < 4.78 is 2.08. The van der Waals surface area contributed by atoms with Crippen LogP contribution in [-0.2, 0) is 6.54 Å². The van der Waals surface area contributed by atoms with Crippen molar-refractivity contribution in [3.63, 3.8) is 0 Å². The Morgan fingerprint density at radius 2 is 1.92 bits per heavy atom. The first-order valence-corrected chi connectivity index (χ1v) is 9.69. The molecule has 0 aliphatic carbocycles. The third-order valence-electron chi connectivity index (χ3n) is 4.50. The van der Waals surface area contributed by atoms with Crippen molar-refractivity contribution in [2.24, 2.45) is 4.99 Å². The van der Waals surface area contributed by atoms with Crippen LogP contribution in [0.5, 0.6) is 0 Å². The van der Waals surface area contributed by atoms with Gasteiger partial charge in [-0.15, -0.1) is 0 Å². The van der Waals surface area contributed by atoms with Crippen molar-refractivity contribution >= 4 is 11.6 Å². The Morgan fingerprint density at radius 3 is 2.54 bits per heavy atom. The predicted molar refractivity (Wildman–Crippen MR) is 108 cm³/mol. The molecule has 0 aliphatic rings. The van der Waals surface area contributed by atoms with Crippen LogP contribution in [0.1, 0.15) is 57.8 Å². The molecule has 6 nitrogen and oxygen atoms in total. The smallest absolute Gasteiger partial charge is 0.191 e. The fraction of sp³-hybridized carbons (Fsp3) is 0.600. The topological polar surface area (TPSA) is 74.0 Å². The summed E-state index contributed by atoms with van der Waals surface area (Å²) in [7, 11) is 0. The molecule has 0 amide bonds. The number of hydrogen-bond acceptors (Lipinski definition) is 3. The number of nitrogens with one attached hydrogen (secondary N) is 2. The number of fused-ring (bicyclic) bond motifs is 1. The average Bonchev–Trinajstić information content (AvgIpc) is 3.02. The fourth-order valence-corrected chi connectivity index (χ4v) is 3.26. The molecule has 0 aromatic carbocycles. The molecule has 0 bridgehead atoms. The van der Waals surface area contributed by atoms with Gasteiger partial charge in [-0.3, -0.25) is 0 Å². The summed E-state index contributed by atoms with van der Waals surface area (Å²) in [6.45, 7) is 10.1. The van der Waals surface area contributed by atoms with Crippen LogP contribution in [0, 0.1) is 6.92 Å². The molecule has 0 radical (unpaired) electrons. The molecule has 6 heteroatoms. The quantitative estimate of drug-likeness (QED) is 0.475. The summed E-state index contributed by atoms with van der Waals surface area (Å²) in [5.41, 5.74) is 2.33. The molecule has 0 atom stereocenters. The second kappa shape index (κ2) is 9.57. The predicted octanol–water partition coefficient (Wildman–Crippen LogP) is 3.03. The van der Waals surface area contributed by atoms with Gasteiger partial charge in [0.15, 0.2) is 5.96 Å². The van der Waals surface area contributed by atoms with E-state index in [1.165, 1.54) is 0 Å². The maximum absolute atomic E-state index is 10.8. The van der Waals surface area contributed by atoms with Gasteiger partial charge in [0.25, 0.3) is 0 Å². The van der Waals surface area contributed by atoms with Crippen molar-refractivity contribution in [2.45, 2.75) is 65.5 Å². The van der Waals surface area contributed by atoms with E-state index in [0.717, 1.165) is 49.3 Å². The van der Waals surface area contributed by atoms with Crippen molar-refractivity contribution in [1.82, 2.24) is 20.0 Å². The second-order valence-electron chi connectivity index (χ2n) is 6.90. The molecule has 2 aromatic rings. The maximum Gasteiger partial charge on any atom is 0.191 e. The zero-order valence-corrected chi connectivity index (χ0v) is 16.5. The average molecular weight is 360 g/mol. The Hall–Kier alpha value is -2.08. The van der Waals surface area contributed by atoms with Crippen LogP contribution in [-0.4, -0.2) is 39.1 Å². The minimum absolute atomic E-state index is 0.496. The highest BCUT2D eigenvalue weighted by atomic mass is 16.3. The Kier molecular flexibility index (Phi) is 7.45. The van der Waals surface area contributed by atoms with Crippen LogP contribution in [0.3, 0.4) is 0 Å². The SMILES string of the molecule is CCCC(O)(CCC)CNC(=NCc1cn2c(C)cccc2n1)NCC. The molecule has 0 saturated carbocycles. The van der Waals surface area contributed by atoms with Crippen LogP contribution in [0.2, 0.25) is 0 Å². The van der Waals surface area contributed by atoms with Crippen molar-refractivity contribution in [3.8, 4) is 0 Å². The first-order valence-electron chi connectivity index (χ1n) is 9.69. The Balaban J connectivity index is 2.06. The van der Waals surface area contributed by atoms with E-state index in [0.29, 0.717) is 19.0 Å². The van der Waals surface area contributed by atoms with Gasteiger partial charge in [0, 0.05) is 25.0 Å². The van der Waals surface area contributed by atoms with Gasteiger partial charge in [0.2, 0.25) is 0 Å². The molecule has 2 heterocycles. The van der Waals surface area contributed by atoms with E-state index in [9.17, 15) is 5.11 Å². The molecule has 0 aliphatic heterocycles.